The molecule has 0 spiro atoms. The minimum atomic E-state index is -4.92. The average Bonchev–Trinajstić information content (AvgIpc) is 2.91. The van der Waals surface area contributed by atoms with Crippen molar-refractivity contribution in [1.29, 1.82) is 0 Å². The predicted molar refractivity (Wildman–Crippen MR) is 135 cm³/mol. The lowest BCUT2D eigenvalue weighted by Gasteiger charge is -2.38. The van der Waals surface area contributed by atoms with Gasteiger partial charge in [0, 0.05) is 24.3 Å². The molecule has 246 valence electrons. The zero-order valence-corrected chi connectivity index (χ0v) is 23.6. The summed E-state index contributed by atoms with van der Waals surface area (Å²) in [7, 11) is 0. The summed E-state index contributed by atoms with van der Waals surface area (Å²) in [5.74, 6) is -14.6. The molecule has 2 aromatic carbocycles. The standard InChI is InChI=1S/C30H31F11O3/c1-2-3-16-4-6-17(7-5-16)28(36,37)42-19-10-8-18(9-11-19)29(38,39)43-20-12-22(31)26(23(32)13-20)30(40,41)44-21-14-24(33)27(35)25(34)15-21/h12-19H,2-11H2,1H3. The normalized spacial score (nSPS) is 23.5. The summed E-state index contributed by atoms with van der Waals surface area (Å²) in [5, 5.41) is 0. The molecule has 44 heavy (non-hydrogen) atoms. The first-order chi connectivity index (χ1) is 20.5. The Morgan fingerprint density at radius 2 is 1.07 bits per heavy atom. The SMILES string of the molecule is CCCC1CCC(C(F)(F)OC2CCC(C(F)(F)Oc3cc(F)c(C(F)(F)Oc4cc(F)c(F)c(F)c4)c(F)c3)CC2)CC1. The lowest BCUT2D eigenvalue weighted by atomic mass is 9.79. The van der Waals surface area contributed by atoms with Gasteiger partial charge < -0.3 is 14.2 Å². The number of hydrogen-bond donors (Lipinski definition) is 0. The Labute approximate surface area is 246 Å². The first-order valence-corrected chi connectivity index (χ1v) is 14.4. The van der Waals surface area contributed by atoms with E-state index in [9.17, 15) is 48.3 Å². The number of rotatable bonds is 11. The fourth-order valence-electron chi connectivity index (χ4n) is 5.95. The van der Waals surface area contributed by atoms with Crippen LogP contribution in [0.1, 0.15) is 76.7 Å². The van der Waals surface area contributed by atoms with Gasteiger partial charge in [-0.3, -0.25) is 0 Å². The first-order valence-electron chi connectivity index (χ1n) is 14.4. The fourth-order valence-corrected chi connectivity index (χ4v) is 5.95. The van der Waals surface area contributed by atoms with Crippen molar-refractivity contribution in [2.45, 2.75) is 95.6 Å². The summed E-state index contributed by atoms with van der Waals surface area (Å²) in [6.45, 7) is 2.03. The summed E-state index contributed by atoms with van der Waals surface area (Å²) < 4.78 is 171. The van der Waals surface area contributed by atoms with Crippen LogP contribution in [0.5, 0.6) is 11.5 Å². The molecule has 4 rings (SSSR count). The van der Waals surface area contributed by atoms with Crippen LogP contribution in [0, 0.1) is 46.8 Å². The summed E-state index contributed by atoms with van der Waals surface area (Å²) in [4.78, 5) is 0. The minimum absolute atomic E-state index is 0.0136. The lowest BCUT2D eigenvalue weighted by Crippen LogP contribution is -2.42. The van der Waals surface area contributed by atoms with E-state index < -0.39 is 82.4 Å². The third-order valence-electron chi connectivity index (χ3n) is 8.26. The molecule has 0 saturated heterocycles. The van der Waals surface area contributed by atoms with Gasteiger partial charge >= 0.3 is 18.3 Å². The van der Waals surface area contributed by atoms with E-state index in [1.54, 1.807) is 0 Å². The second-order valence-electron chi connectivity index (χ2n) is 11.4. The van der Waals surface area contributed by atoms with Crippen LogP contribution in [0.25, 0.3) is 0 Å². The third-order valence-corrected chi connectivity index (χ3v) is 8.26. The highest BCUT2D eigenvalue weighted by Crippen LogP contribution is 2.45. The van der Waals surface area contributed by atoms with Crippen molar-refractivity contribution >= 4 is 0 Å². The Morgan fingerprint density at radius 1 is 0.614 bits per heavy atom. The van der Waals surface area contributed by atoms with Crippen molar-refractivity contribution in [3.63, 3.8) is 0 Å². The van der Waals surface area contributed by atoms with Gasteiger partial charge in [0.25, 0.3) is 0 Å². The molecule has 0 heterocycles. The van der Waals surface area contributed by atoms with E-state index in [-0.39, 0.29) is 49.9 Å². The Hall–Kier alpha value is -2.77. The predicted octanol–water partition coefficient (Wildman–Crippen LogP) is 10.3. The van der Waals surface area contributed by atoms with Crippen LogP contribution in [0.15, 0.2) is 24.3 Å². The van der Waals surface area contributed by atoms with E-state index in [1.165, 1.54) is 0 Å². The van der Waals surface area contributed by atoms with Gasteiger partial charge in [0.15, 0.2) is 17.5 Å². The molecule has 14 heteroatoms. The van der Waals surface area contributed by atoms with E-state index in [0.29, 0.717) is 31.6 Å². The van der Waals surface area contributed by atoms with Gasteiger partial charge in [-0.15, -0.1) is 0 Å². The Morgan fingerprint density at radius 3 is 1.59 bits per heavy atom. The van der Waals surface area contributed by atoms with E-state index in [1.807, 2.05) is 6.92 Å². The zero-order chi connectivity index (χ0) is 32.4. The van der Waals surface area contributed by atoms with Crippen molar-refractivity contribution in [2.75, 3.05) is 0 Å². The van der Waals surface area contributed by atoms with Crippen molar-refractivity contribution < 1.29 is 62.5 Å². The highest BCUT2D eigenvalue weighted by molar-refractivity contribution is 5.34. The Bertz CT molecular complexity index is 1240. The Kier molecular flexibility index (Phi) is 10.3. The van der Waals surface area contributed by atoms with Gasteiger partial charge in [-0.25, -0.2) is 22.0 Å². The molecule has 2 saturated carbocycles. The molecule has 0 aliphatic heterocycles. The number of alkyl halides is 6. The molecule has 0 N–H and O–H groups in total. The molecular weight excluding hydrogens is 617 g/mol. The molecule has 0 radical (unpaired) electrons. The van der Waals surface area contributed by atoms with Gasteiger partial charge in [-0.2, -0.15) is 26.3 Å². The van der Waals surface area contributed by atoms with E-state index in [0.717, 1.165) is 12.8 Å². The molecule has 2 aliphatic rings. The summed E-state index contributed by atoms with van der Waals surface area (Å²) in [6.07, 6.45) is -10.4. The van der Waals surface area contributed by atoms with Crippen molar-refractivity contribution in [2.24, 2.45) is 17.8 Å². The Balaban J connectivity index is 1.36. The number of hydrogen-bond acceptors (Lipinski definition) is 3. The second kappa shape index (κ2) is 13.3. The van der Waals surface area contributed by atoms with Crippen molar-refractivity contribution in [3.05, 3.63) is 58.9 Å². The summed E-state index contributed by atoms with van der Waals surface area (Å²) >= 11 is 0. The fraction of sp³-hybridized carbons (Fsp3) is 0.600. The van der Waals surface area contributed by atoms with E-state index in [2.05, 4.69) is 9.47 Å². The molecule has 2 aliphatic carbocycles. The average molecular weight is 649 g/mol. The maximum absolute atomic E-state index is 14.9. The van der Waals surface area contributed by atoms with Crippen molar-refractivity contribution in [1.82, 2.24) is 0 Å². The highest BCUT2D eigenvalue weighted by atomic mass is 19.3. The molecule has 0 aromatic heterocycles. The smallest absolute Gasteiger partial charge is 0.432 e. The topological polar surface area (TPSA) is 27.7 Å². The maximum Gasteiger partial charge on any atom is 0.432 e. The van der Waals surface area contributed by atoms with Gasteiger partial charge in [-0.1, -0.05) is 19.8 Å². The largest absolute Gasteiger partial charge is 0.432 e. The molecule has 0 bridgehead atoms. The number of halogens is 11. The van der Waals surface area contributed by atoms with Crippen LogP contribution in [0.4, 0.5) is 48.3 Å². The lowest BCUT2D eigenvalue weighted by molar-refractivity contribution is -0.306. The van der Waals surface area contributed by atoms with Gasteiger partial charge in [0.2, 0.25) is 0 Å². The van der Waals surface area contributed by atoms with Crippen molar-refractivity contribution in [3.8, 4) is 11.5 Å². The maximum atomic E-state index is 14.9. The third kappa shape index (κ3) is 7.89. The summed E-state index contributed by atoms with van der Waals surface area (Å²) in [5.41, 5.74) is -2.09. The van der Waals surface area contributed by atoms with Gasteiger partial charge in [0.1, 0.15) is 28.7 Å². The first kappa shape index (κ1) is 34.1. The summed E-state index contributed by atoms with van der Waals surface area (Å²) in [6, 6.07) is 0.110. The molecule has 0 amide bonds. The molecule has 0 unspecified atom stereocenters. The van der Waals surface area contributed by atoms with Crippen LogP contribution >= 0.6 is 0 Å². The number of benzene rings is 2. The van der Waals surface area contributed by atoms with Crippen LogP contribution in [0.3, 0.4) is 0 Å². The molecular formula is C30H31F11O3. The quantitative estimate of drug-likeness (QED) is 0.179. The van der Waals surface area contributed by atoms with Crippen LogP contribution in [-0.2, 0) is 10.8 Å². The van der Waals surface area contributed by atoms with E-state index in [4.69, 9.17) is 4.74 Å². The minimum Gasteiger partial charge on any atom is -0.432 e. The monoisotopic (exact) mass is 648 g/mol. The molecule has 0 atom stereocenters. The molecule has 2 aromatic rings. The number of ether oxygens (including phenoxy) is 3. The van der Waals surface area contributed by atoms with Crippen LogP contribution in [0.2, 0.25) is 0 Å². The van der Waals surface area contributed by atoms with Gasteiger partial charge in [-0.05, 0) is 57.3 Å². The zero-order valence-electron chi connectivity index (χ0n) is 23.6. The van der Waals surface area contributed by atoms with Crippen LogP contribution in [-0.4, -0.2) is 18.3 Å². The van der Waals surface area contributed by atoms with Crippen LogP contribution < -0.4 is 9.47 Å². The van der Waals surface area contributed by atoms with E-state index >= 15 is 0 Å². The molecule has 2 fully saturated rings. The van der Waals surface area contributed by atoms with Gasteiger partial charge in [0.05, 0.1) is 17.9 Å². The second-order valence-corrected chi connectivity index (χ2v) is 11.4. The highest BCUT2D eigenvalue weighted by Gasteiger charge is 2.49. The molecule has 3 nitrogen and oxygen atoms in total.